The molecule has 0 aliphatic rings. The van der Waals surface area contributed by atoms with Crippen LogP contribution in [0.1, 0.15) is 16.8 Å². The van der Waals surface area contributed by atoms with Gasteiger partial charge in [0.2, 0.25) is 0 Å². The van der Waals surface area contributed by atoms with Crippen LogP contribution < -0.4 is 4.90 Å². The number of carbonyl (C=O) groups excluding carboxylic acids is 2. The average molecular weight is 411 g/mol. The Bertz CT molecular complexity index is 1050. The first-order valence-electron chi connectivity index (χ1n) is 8.52. The van der Waals surface area contributed by atoms with Gasteiger partial charge in [-0.1, -0.05) is 29.8 Å². The number of halogens is 1. The SMILES string of the molecule is N#CCCN(C(=O)COC(=O)c1ccccc1-n1cnnn1)c1cccc(Cl)c1. The standard InChI is InChI=1S/C19H15ClN6O3/c20-14-5-3-6-15(11-14)25(10-4-9-21)18(27)12-29-19(28)16-7-1-2-8-17(16)26-13-22-23-24-26/h1-3,5-8,11,13H,4,10,12H2. The number of tetrazole rings is 1. The molecule has 0 N–H and O–H groups in total. The van der Waals surface area contributed by atoms with E-state index in [4.69, 9.17) is 21.6 Å². The van der Waals surface area contributed by atoms with Gasteiger partial charge in [0.1, 0.15) is 6.33 Å². The molecule has 0 unspecified atom stereocenters. The number of nitriles is 1. The van der Waals surface area contributed by atoms with Crippen molar-refractivity contribution in [3.8, 4) is 11.8 Å². The summed E-state index contributed by atoms with van der Waals surface area (Å²) in [6.45, 7) is -0.352. The second kappa shape index (κ2) is 9.43. The van der Waals surface area contributed by atoms with Gasteiger partial charge < -0.3 is 9.64 Å². The van der Waals surface area contributed by atoms with Crippen molar-refractivity contribution >= 4 is 29.2 Å². The maximum absolute atomic E-state index is 12.7. The lowest BCUT2D eigenvalue weighted by Crippen LogP contribution is -2.35. The van der Waals surface area contributed by atoms with E-state index < -0.39 is 18.5 Å². The van der Waals surface area contributed by atoms with Crippen LogP contribution in [-0.2, 0) is 9.53 Å². The molecule has 0 atom stereocenters. The molecule has 2 aromatic carbocycles. The summed E-state index contributed by atoms with van der Waals surface area (Å²) in [5.41, 5.74) is 1.15. The third-order valence-electron chi connectivity index (χ3n) is 3.91. The molecule has 29 heavy (non-hydrogen) atoms. The molecule has 0 aliphatic heterocycles. The number of benzene rings is 2. The number of hydrogen-bond donors (Lipinski definition) is 0. The summed E-state index contributed by atoms with van der Waals surface area (Å²) >= 11 is 5.99. The average Bonchev–Trinajstić information content (AvgIpc) is 3.27. The summed E-state index contributed by atoms with van der Waals surface area (Å²) in [7, 11) is 0. The van der Waals surface area contributed by atoms with Crippen molar-refractivity contribution in [3.63, 3.8) is 0 Å². The molecular formula is C19H15ClN6O3. The summed E-state index contributed by atoms with van der Waals surface area (Å²) in [4.78, 5) is 26.6. The third-order valence-corrected chi connectivity index (χ3v) is 4.15. The Labute approximate surface area is 171 Å². The molecule has 1 heterocycles. The van der Waals surface area contributed by atoms with Crippen LogP contribution in [0.2, 0.25) is 5.02 Å². The highest BCUT2D eigenvalue weighted by Gasteiger charge is 2.20. The molecular weight excluding hydrogens is 396 g/mol. The molecule has 0 bridgehead atoms. The lowest BCUT2D eigenvalue weighted by molar-refractivity contribution is -0.121. The fourth-order valence-corrected chi connectivity index (χ4v) is 2.79. The van der Waals surface area contributed by atoms with E-state index in [0.29, 0.717) is 16.4 Å². The van der Waals surface area contributed by atoms with Crippen molar-refractivity contribution in [1.29, 1.82) is 5.26 Å². The maximum Gasteiger partial charge on any atom is 0.340 e. The van der Waals surface area contributed by atoms with Gasteiger partial charge in [0.25, 0.3) is 5.91 Å². The molecule has 0 aliphatic carbocycles. The number of nitrogens with zero attached hydrogens (tertiary/aromatic N) is 6. The van der Waals surface area contributed by atoms with Gasteiger partial charge in [0.05, 0.1) is 23.7 Å². The Hall–Kier alpha value is -3.77. The fourth-order valence-electron chi connectivity index (χ4n) is 2.60. The lowest BCUT2D eigenvalue weighted by Gasteiger charge is -2.22. The summed E-state index contributed by atoms with van der Waals surface area (Å²) < 4.78 is 6.54. The summed E-state index contributed by atoms with van der Waals surface area (Å²) in [5, 5.41) is 20.2. The van der Waals surface area contributed by atoms with Gasteiger partial charge >= 0.3 is 5.97 Å². The van der Waals surface area contributed by atoms with Crippen LogP contribution in [0.4, 0.5) is 5.69 Å². The molecule has 0 spiro atoms. The number of ether oxygens (including phenoxy) is 1. The zero-order valence-corrected chi connectivity index (χ0v) is 15.9. The van der Waals surface area contributed by atoms with Crippen LogP contribution in [0.5, 0.6) is 0 Å². The van der Waals surface area contributed by atoms with Gasteiger partial charge in [0.15, 0.2) is 6.61 Å². The number of rotatable bonds is 7. The molecule has 3 aromatic rings. The van der Waals surface area contributed by atoms with Crippen molar-refractivity contribution in [2.75, 3.05) is 18.1 Å². The topological polar surface area (TPSA) is 114 Å². The van der Waals surface area contributed by atoms with Crippen LogP contribution in [0.15, 0.2) is 54.9 Å². The zero-order chi connectivity index (χ0) is 20.6. The first kappa shape index (κ1) is 20.0. The predicted octanol–water partition coefficient (Wildman–Crippen LogP) is 2.42. The van der Waals surface area contributed by atoms with Crippen molar-refractivity contribution in [2.24, 2.45) is 0 Å². The quantitative estimate of drug-likeness (QED) is 0.549. The van der Waals surface area contributed by atoms with Gasteiger partial charge in [-0.25, -0.2) is 4.79 Å². The van der Waals surface area contributed by atoms with Crippen LogP contribution in [0, 0.1) is 11.3 Å². The van der Waals surface area contributed by atoms with Crippen molar-refractivity contribution < 1.29 is 14.3 Å². The number of carbonyl (C=O) groups is 2. The lowest BCUT2D eigenvalue weighted by atomic mass is 10.2. The Morgan fingerprint density at radius 3 is 2.76 bits per heavy atom. The Kier molecular flexibility index (Phi) is 6.50. The number of hydrogen-bond acceptors (Lipinski definition) is 7. The second-order valence-electron chi connectivity index (χ2n) is 5.78. The molecule has 0 fully saturated rings. The van der Waals surface area contributed by atoms with Gasteiger partial charge in [0, 0.05) is 17.3 Å². The van der Waals surface area contributed by atoms with Gasteiger partial charge in [-0.2, -0.15) is 9.94 Å². The highest BCUT2D eigenvalue weighted by atomic mass is 35.5. The fraction of sp³-hybridized carbons (Fsp3) is 0.158. The van der Waals surface area contributed by atoms with Crippen LogP contribution in [-0.4, -0.2) is 45.2 Å². The molecule has 1 aromatic heterocycles. The second-order valence-corrected chi connectivity index (χ2v) is 6.22. The van der Waals surface area contributed by atoms with Gasteiger partial charge in [-0.15, -0.1) is 5.10 Å². The minimum Gasteiger partial charge on any atom is -0.452 e. The summed E-state index contributed by atoms with van der Waals surface area (Å²) in [6.07, 6.45) is 1.47. The third kappa shape index (κ3) is 4.94. The van der Waals surface area contributed by atoms with Crippen LogP contribution in [0.3, 0.4) is 0 Å². The summed E-state index contributed by atoms with van der Waals surface area (Å²) in [5.74, 6) is -1.17. The van der Waals surface area contributed by atoms with E-state index in [1.165, 1.54) is 15.9 Å². The molecule has 0 saturated carbocycles. The number of anilines is 1. The molecule has 1 amide bonds. The van der Waals surface area contributed by atoms with E-state index in [0.717, 1.165) is 0 Å². The van der Waals surface area contributed by atoms with Gasteiger partial charge in [-0.05, 0) is 40.8 Å². The van der Waals surface area contributed by atoms with Crippen molar-refractivity contribution in [2.45, 2.75) is 6.42 Å². The first-order chi connectivity index (χ1) is 14.1. The highest BCUT2D eigenvalue weighted by Crippen LogP contribution is 2.20. The van der Waals surface area contributed by atoms with E-state index in [1.807, 2.05) is 6.07 Å². The number of esters is 1. The molecule has 0 saturated heterocycles. The normalized spacial score (nSPS) is 10.2. The Balaban J connectivity index is 1.73. The molecule has 9 nitrogen and oxygen atoms in total. The van der Waals surface area contributed by atoms with E-state index >= 15 is 0 Å². The first-order valence-corrected chi connectivity index (χ1v) is 8.90. The molecule has 0 radical (unpaired) electrons. The molecule has 146 valence electrons. The molecule has 10 heteroatoms. The monoisotopic (exact) mass is 410 g/mol. The van der Waals surface area contributed by atoms with E-state index in [2.05, 4.69) is 15.5 Å². The van der Waals surface area contributed by atoms with Crippen molar-refractivity contribution in [1.82, 2.24) is 20.2 Å². The van der Waals surface area contributed by atoms with Crippen molar-refractivity contribution in [3.05, 3.63) is 65.4 Å². The highest BCUT2D eigenvalue weighted by molar-refractivity contribution is 6.30. The van der Waals surface area contributed by atoms with Crippen LogP contribution >= 0.6 is 11.6 Å². The van der Waals surface area contributed by atoms with E-state index in [9.17, 15) is 9.59 Å². The largest absolute Gasteiger partial charge is 0.452 e. The van der Waals surface area contributed by atoms with Gasteiger partial charge in [-0.3, -0.25) is 4.79 Å². The number of aromatic nitrogens is 4. The zero-order valence-electron chi connectivity index (χ0n) is 15.1. The minimum atomic E-state index is -0.698. The Morgan fingerprint density at radius 2 is 2.03 bits per heavy atom. The molecule has 3 rings (SSSR count). The number of amides is 1. The minimum absolute atomic E-state index is 0.119. The van der Waals surface area contributed by atoms with Crippen LogP contribution in [0.25, 0.3) is 5.69 Å². The summed E-state index contributed by atoms with van der Waals surface area (Å²) in [6, 6.07) is 15.2. The maximum atomic E-state index is 12.7. The number of para-hydroxylation sites is 1. The van der Waals surface area contributed by atoms with E-state index in [-0.39, 0.29) is 18.5 Å². The smallest absolute Gasteiger partial charge is 0.340 e. The van der Waals surface area contributed by atoms with E-state index in [1.54, 1.807) is 48.5 Å². The predicted molar refractivity (Wildman–Crippen MR) is 103 cm³/mol. The Morgan fingerprint density at radius 1 is 1.21 bits per heavy atom.